The summed E-state index contributed by atoms with van der Waals surface area (Å²) >= 11 is 1.29. The quantitative estimate of drug-likeness (QED) is 0.790. The van der Waals surface area contributed by atoms with E-state index < -0.39 is 0 Å². The van der Waals surface area contributed by atoms with E-state index in [0.29, 0.717) is 29.3 Å². The van der Waals surface area contributed by atoms with E-state index in [2.05, 4.69) is 10.3 Å². The Labute approximate surface area is 141 Å². The fourth-order valence-electron chi connectivity index (χ4n) is 2.58. The zero-order chi connectivity index (χ0) is 17.3. The first-order valence-electron chi connectivity index (χ1n) is 7.54. The molecule has 24 heavy (non-hydrogen) atoms. The van der Waals surface area contributed by atoms with Crippen molar-refractivity contribution >= 4 is 22.2 Å². The van der Waals surface area contributed by atoms with Crippen LogP contribution < -0.4 is 10.9 Å². The summed E-state index contributed by atoms with van der Waals surface area (Å²) in [4.78, 5) is 30.3. The third kappa shape index (κ3) is 3.07. The molecule has 0 aliphatic carbocycles. The molecule has 0 radical (unpaired) electrons. The van der Waals surface area contributed by atoms with Gasteiger partial charge in [-0.2, -0.15) is 0 Å². The molecule has 124 valence electrons. The maximum atomic E-state index is 13.3. The Morgan fingerprint density at radius 2 is 2.17 bits per heavy atom. The number of hydrogen-bond donors (Lipinski definition) is 1. The highest BCUT2D eigenvalue weighted by atomic mass is 32.1. The predicted octanol–water partition coefficient (Wildman–Crippen LogP) is 2.54. The van der Waals surface area contributed by atoms with E-state index in [1.807, 2.05) is 6.92 Å². The summed E-state index contributed by atoms with van der Waals surface area (Å²) in [5.74, 6) is -0.612. The minimum absolute atomic E-state index is 0.289. The van der Waals surface area contributed by atoms with Crippen molar-refractivity contribution in [1.82, 2.24) is 14.7 Å². The Hall–Kier alpha value is -2.54. The Morgan fingerprint density at radius 1 is 1.38 bits per heavy atom. The maximum Gasteiger partial charge on any atom is 0.269 e. The van der Waals surface area contributed by atoms with Crippen molar-refractivity contribution < 1.29 is 9.18 Å². The van der Waals surface area contributed by atoms with Crippen LogP contribution in [-0.4, -0.2) is 21.8 Å². The number of carbonyl (C=O) groups excluding carboxylic acids is 1. The molecule has 3 aromatic rings. The second-order valence-corrected chi connectivity index (χ2v) is 6.56. The first-order chi connectivity index (χ1) is 11.5. The molecule has 0 unspecified atom stereocenters. The number of halogens is 1. The summed E-state index contributed by atoms with van der Waals surface area (Å²) in [6.45, 7) is 4.09. The highest BCUT2D eigenvalue weighted by molar-refractivity contribution is 7.17. The van der Waals surface area contributed by atoms with Crippen LogP contribution >= 0.6 is 11.3 Å². The van der Waals surface area contributed by atoms with E-state index >= 15 is 0 Å². The molecule has 0 saturated carbocycles. The summed E-state index contributed by atoms with van der Waals surface area (Å²) in [6.07, 6.45) is 0.358. The second-order valence-electron chi connectivity index (χ2n) is 5.38. The van der Waals surface area contributed by atoms with Crippen molar-refractivity contribution in [2.24, 2.45) is 0 Å². The van der Waals surface area contributed by atoms with Gasteiger partial charge in [0.2, 0.25) is 0 Å². The lowest BCUT2D eigenvalue weighted by Crippen LogP contribution is -2.28. The molecule has 1 aromatic carbocycles. The molecule has 1 N–H and O–H groups in total. The molecule has 0 spiro atoms. The number of fused-ring (bicyclic) bond motifs is 1. The Balaban J connectivity index is 2.05. The first kappa shape index (κ1) is 16.3. The van der Waals surface area contributed by atoms with Gasteiger partial charge in [-0.3, -0.25) is 9.59 Å². The Kier molecular flexibility index (Phi) is 4.44. The number of benzene rings is 1. The molecule has 0 aliphatic heterocycles. The number of rotatable bonds is 4. The SMILES string of the molecule is CCNC(=O)c1c(C)sc2nc(Cc3cccc(F)c3)cc(=O)n12. The number of amides is 1. The topological polar surface area (TPSA) is 63.5 Å². The van der Waals surface area contributed by atoms with E-state index in [-0.39, 0.29) is 17.3 Å². The third-order valence-electron chi connectivity index (χ3n) is 3.57. The summed E-state index contributed by atoms with van der Waals surface area (Å²) in [7, 11) is 0. The minimum Gasteiger partial charge on any atom is -0.351 e. The van der Waals surface area contributed by atoms with Crippen LogP contribution in [0.3, 0.4) is 0 Å². The van der Waals surface area contributed by atoms with E-state index in [0.717, 1.165) is 10.4 Å². The number of carbonyl (C=O) groups is 1. The van der Waals surface area contributed by atoms with E-state index in [4.69, 9.17) is 0 Å². The van der Waals surface area contributed by atoms with Gasteiger partial charge in [0, 0.05) is 23.9 Å². The number of aryl methyl sites for hydroxylation is 1. The predicted molar refractivity (Wildman–Crippen MR) is 91.3 cm³/mol. The van der Waals surface area contributed by atoms with Crippen molar-refractivity contribution in [3.05, 3.63) is 68.3 Å². The number of nitrogens with one attached hydrogen (secondary N) is 1. The number of thiazole rings is 1. The van der Waals surface area contributed by atoms with Gasteiger partial charge < -0.3 is 5.32 Å². The van der Waals surface area contributed by atoms with Crippen LogP contribution in [0.4, 0.5) is 4.39 Å². The average Bonchev–Trinajstić information content (AvgIpc) is 2.84. The van der Waals surface area contributed by atoms with Crippen molar-refractivity contribution in [1.29, 1.82) is 0 Å². The molecular weight excluding hydrogens is 329 g/mol. The van der Waals surface area contributed by atoms with Crippen molar-refractivity contribution in [3.8, 4) is 0 Å². The molecule has 2 aromatic heterocycles. The zero-order valence-electron chi connectivity index (χ0n) is 13.3. The van der Waals surface area contributed by atoms with Gasteiger partial charge in [0.15, 0.2) is 4.96 Å². The van der Waals surface area contributed by atoms with E-state index in [1.165, 1.54) is 33.9 Å². The van der Waals surface area contributed by atoms with Gasteiger partial charge in [-0.1, -0.05) is 12.1 Å². The molecule has 0 fully saturated rings. The van der Waals surface area contributed by atoms with Crippen LogP contribution in [0.25, 0.3) is 4.96 Å². The lowest BCUT2D eigenvalue weighted by molar-refractivity contribution is 0.0949. The maximum absolute atomic E-state index is 13.3. The fourth-order valence-corrected chi connectivity index (χ4v) is 3.57. The van der Waals surface area contributed by atoms with Gasteiger partial charge in [-0.15, -0.1) is 11.3 Å². The number of hydrogen-bond acceptors (Lipinski definition) is 4. The molecular formula is C17H16FN3O2S. The van der Waals surface area contributed by atoms with E-state index in [1.54, 1.807) is 19.1 Å². The smallest absolute Gasteiger partial charge is 0.269 e. The standard InChI is InChI=1S/C17H16FN3O2S/c1-3-19-16(23)15-10(2)24-17-20-13(9-14(22)21(15)17)8-11-5-4-6-12(18)7-11/h4-7,9H,3,8H2,1-2H3,(H,19,23). The number of nitrogens with zero attached hydrogens (tertiary/aromatic N) is 2. The van der Waals surface area contributed by atoms with Crippen molar-refractivity contribution in [3.63, 3.8) is 0 Å². The van der Waals surface area contributed by atoms with Crippen LogP contribution in [0.15, 0.2) is 35.1 Å². The lowest BCUT2D eigenvalue weighted by Gasteiger charge is -2.05. The van der Waals surface area contributed by atoms with Crippen LogP contribution in [0.2, 0.25) is 0 Å². The summed E-state index contributed by atoms with van der Waals surface area (Å²) in [5, 5.41) is 2.71. The van der Waals surface area contributed by atoms with Gasteiger partial charge in [0.25, 0.3) is 11.5 Å². The molecule has 7 heteroatoms. The van der Waals surface area contributed by atoms with Gasteiger partial charge in [0.1, 0.15) is 11.5 Å². The highest BCUT2D eigenvalue weighted by Crippen LogP contribution is 2.20. The molecule has 2 heterocycles. The van der Waals surface area contributed by atoms with Crippen molar-refractivity contribution in [2.45, 2.75) is 20.3 Å². The summed E-state index contributed by atoms with van der Waals surface area (Å²) in [6, 6.07) is 7.59. The molecule has 5 nitrogen and oxygen atoms in total. The van der Waals surface area contributed by atoms with Crippen LogP contribution in [0.1, 0.15) is 33.5 Å². The molecule has 0 atom stereocenters. The van der Waals surface area contributed by atoms with Crippen LogP contribution in [0.5, 0.6) is 0 Å². The monoisotopic (exact) mass is 345 g/mol. The summed E-state index contributed by atoms with van der Waals surface area (Å²) in [5.41, 5.74) is 1.31. The lowest BCUT2D eigenvalue weighted by atomic mass is 10.1. The van der Waals surface area contributed by atoms with E-state index in [9.17, 15) is 14.0 Å². The summed E-state index contributed by atoms with van der Waals surface area (Å²) < 4.78 is 14.6. The Morgan fingerprint density at radius 3 is 2.88 bits per heavy atom. The third-order valence-corrected chi connectivity index (χ3v) is 4.53. The van der Waals surface area contributed by atoms with Crippen molar-refractivity contribution in [2.75, 3.05) is 6.54 Å². The fraction of sp³-hybridized carbons (Fsp3) is 0.235. The van der Waals surface area contributed by atoms with Gasteiger partial charge >= 0.3 is 0 Å². The molecule has 0 bridgehead atoms. The molecule has 1 amide bonds. The van der Waals surface area contributed by atoms with Gasteiger partial charge in [-0.05, 0) is 31.5 Å². The van der Waals surface area contributed by atoms with Gasteiger partial charge in [-0.25, -0.2) is 13.8 Å². The van der Waals surface area contributed by atoms with Gasteiger partial charge in [0.05, 0.1) is 5.69 Å². The second kappa shape index (κ2) is 6.52. The largest absolute Gasteiger partial charge is 0.351 e. The van der Waals surface area contributed by atoms with Crippen LogP contribution in [-0.2, 0) is 6.42 Å². The highest BCUT2D eigenvalue weighted by Gasteiger charge is 2.18. The Bertz CT molecular complexity index is 978. The van der Waals surface area contributed by atoms with Crippen LogP contribution in [0, 0.1) is 12.7 Å². The zero-order valence-corrected chi connectivity index (χ0v) is 14.1. The average molecular weight is 345 g/mol. The molecule has 0 aliphatic rings. The molecule has 0 saturated heterocycles. The number of aromatic nitrogens is 2. The normalized spacial score (nSPS) is 11.0. The first-order valence-corrected chi connectivity index (χ1v) is 8.36. The molecule has 3 rings (SSSR count). The minimum atomic E-state index is -0.323.